The number of hydrogen-bond acceptors (Lipinski definition) is 3. The van der Waals surface area contributed by atoms with E-state index < -0.39 is 7.60 Å². The van der Waals surface area contributed by atoms with E-state index in [1.807, 2.05) is 13.0 Å². The average molecular weight is 279 g/mol. The fraction of sp³-hybridized carbons (Fsp3) is 0.333. The van der Waals surface area contributed by atoms with Crippen LogP contribution in [0, 0.1) is 6.92 Å². The van der Waals surface area contributed by atoms with Gasteiger partial charge in [-0.1, -0.05) is 15.9 Å². The van der Waals surface area contributed by atoms with Gasteiger partial charge < -0.3 is 9.05 Å². The molecule has 78 valence electrons. The molecule has 0 atom stereocenters. The van der Waals surface area contributed by atoms with Crippen LogP contribution in [0.15, 0.2) is 22.7 Å². The second-order valence-electron chi connectivity index (χ2n) is 2.85. The summed E-state index contributed by atoms with van der Waals surface area (Å²) in [5, 5.41) is 0.564. The Hall–Kier alpha value is -0.150. The summed E-state index contributed by atoms with van der Waals surface area (Å²) in [6.07, 6.45) is 0. The van der Waals surface area contributed by atoms with Crippen molar-refractivity contribution in [3.05, 3.63) is 28.2 Å². The Bertz CT molecular complexity index is 350. The summed E-state index contributed by atoms with van der Waals surface area (Å²) in [6, 6.07) is 5.46. The molecule has 14 heavy (non-hydrogen) atoms. The van der Waals surface area contributed by atoms with Crippen LogP contribution in [0.25, 0.3) is 0 Å². The van der Waals surface area contributed by atoms with Gasteiger partial charge in [0.15, 0.2) is 0 Å². The number of rotatable bonds is 3. The molecule has 1 aromatic carbocycles. The third-order valence-electron chi connectivity index (χ3n) is 1.82. The van der Waals surface area contributed by atoms with Crippen LogP contribution in [-0.4, -0.2) is 14.2 Å². The maximum absolute atomic E-state index is 12.0. The Morgan fingerprint density at radius 1 is 1.21 bits per heavy atom. The molecule has 0 unspecified atom stereocenters. The third-order valence-corrected chi connectivity index (χ3v) is 4.13. The largest absolute Gasteiger partial charge is 0.360 e. The van der Waals surface area contributed by atoms with E-state index in [9.17, 15) is 4.57 Å². The highest BCUT2D eigenvalue weighted by molar-refractivity contribution is 9.10. The van der Waals surface area contributed by atoms with E-state index >= 15 is 0 Å². The molecule has 0 aliphatic carbocycles. The number of halogens is 1. The predicted octanol–water partition coefficient (Wildman–Crippen LogP) is 2.87. The summed E-state index contributed by atoms with van der Waals surface area (Å²) in [7, 11) is -0.366. The van der Waals surface area contributed by atoms with Crippen molar-refractivity contribution < 1.29 is 13.6 Å². The highest BCUT2D eigenvalue weighted by atomic mass is 79.9. The van der Waals surface area contributed by atoms with Crippen molar-refractivity contribution in [1.82, 2.24) is 0 Å². The Morgan fingerprint density at radius 2 is 1.79 bits per heavy atom. The first-order valence-electron chi connectivity index (χ1n) is 4.01. The number of aryl methyl sites for hydroxylation is 1. The van der Waals surface area contributed by atoms with Gasteiger partial charge in [-0.2, -0.15) is 0 Å². The molecule has 1 aromatic rings. The molecule has 0 aromatic heterocycles. The van der Waals surface area contributed by atoms with Gasteiger partial charge in [-0.05, 0) is 30.7 Å². The van der Waals surface area contributed by atoms with Crippen LogP contribution in [0.2, 0.25) is 0 Å². The minimum atomic E-state index is -3.12. The van der Waals surface area contributed by atoms with Crippen LogP contribution in [-0.2, 0) is 13.6 Å². The molecule has 0 amide bonds. The Labute approximate surface area is 92.1 Å². The molecular formula is C9H12BrO3P. The molecule has 0 radical (unpaired) electrons. The lowest BCUT2D eigenvalue weighted by atomic mass is 10.2. The third kappa shape index (κ3) is 2.45. The van der Waals surface area contributed by atoms with Gasteiger partial charge in [-0.15, -0.1) is 0 Å². The van der Waals surface area contributed by atoms with Crippen LogP contribution in [0.4, 0.5) is 0 Å². The van der Waals surface area contributed by atoms with Crippen molar-refractivity contribution in [2.45, 2.75) is 6.92 Å². The van der Waals surface area contributed by atoms with E-state index in [1.54, 1.807) is 12.1 Å². The van der Waals surface area contributed by atoms with E-state index in [4.69, 9.17) is 9.05 Å². The first-order chi connectivity index (χ1) is 6.51. The van der Waals surface area contributed by atoms with E-state index in [2.05, 4.69) is 15.9 Å². The van der Waals surface area contributed by atoms with Gasteiger partial charge in [0.25, 0.3) is 0 Å². The molecule has 0 bridgehead atoms. The summed E-state index contributed by atoms with van der Waals surface area (Å²) >= 11 is 3.33. The van der Waals surface area contributed by atoms with Gasteiger partial charge in [0.05, 0.1) is 5.30 Å². The van der Waals surface area contributed by atoms with Crippen molar-refractivity contribution >= 4 is 28.8 Å². The van der Waals surface area contributed by atoms with E-state index in [0.717, 1.165) is 10.0 Å². The molecule has 0 aliphatic rings. The molecule has 0 aliphatic heterocycles. The molecule has 0 heterocycles. The smallest absolute Gasteiger partial charge is 0.309 e. The van der Waals surface area contributed by atoms with Crippen LogP contribution < -0.4 is 5.30 Å². The lowest BCUT2D eigenvalue weighted by molar-refractivity contribution is 0.287. The molecular weight excluding hydrogens is 267 g/mol. The zero-order chi connectivity index (χ0) is 10.8. The molecule has 0 spiro atoms. The molecule has 0 saturated carbocycles. The van der Waals surface area contributed by atoms with Gasteiger partial charge in [0.2, 0.25) is 0 Å². The molecule has 0 N–H and O–H groups in total. The van der Waals surface area contributed by atoms with Gasteiger partial charge in [0.1, 0.15) is 0 Å². The minimum absolute atomic E-state index is 0.564. The maximum atomic E-state index is 12.0. The minimum Gasteiger partial charge on any atom is -0.309 e. The second-order valence-corrected chi connectivity index (χ2v) is 6.01. The van der Waals surface area contributed by atoms with E-state index in [0.29, 0.717) is 5.30 Å². The monoisotopic (exact) mass is 278 g/mol. The van der Waals surface area contributed by atoms with E-state index in [1.165, 1.54) is 14.2 Å². The predicted molar refractivity (Wildman–Crippen MR) is 60.1 cm³/mol. The topological polar surface area (TPSA) is 35.5 Å². The first kappa shape index (κ1) is 11.9. The van der Waals surface area contributed by atoms with Crippen molar-refractivity contribution in [3.63, 3.8) is 0 Å². The fourth-order valence-electron chi connectivity index (χ4n) is 1.16. The highest BCUT2D eigenvalue weighted by Gasteiger charge is 2.24. The quantitative estimate of drug-likeness (QED) is 0.798. The number of hydrogen-bond donors (Lipinski definition) is 0. The normalized spacial score (nSPS) is 11.7. The zero-order valence-electron chi connectivity index (χ0n) is 8.28. The molecule has 5 heteroatoms. The van der Waals surface area contributed by atoms with Gasteiger partial charge in [0, 0.05) is 18.7 Å². The number of benzene rings is 1. The fourth-order valence-corrected chi connectivity index (χ4v) is 3.17. The summed E-state index contributed by atoms with van der Waals surface area (Å²) in [4.78, 5) is 0. The van der Waals surface area contributed by atoms with Gasteiger partial charge >= 0.3 is 7.60 Å². The molecule has 3 nitrogen and oxygen atoms in total. The maximum Gasteiger partial charge on any atom is 0.360 e. The molecule has 1 rings (SSSR count). The lowest BCUT2D eigenvalue weighted by Crippen LogP contribution is -2.08. The van der Waals surface area contributed by atoms with E-state index in [-0.39, 0.29) is 0 Å². The van der Waals surface area contributed by atoms with Gasteiger partial charge in [-0.3, -0.25) is 4.57 Å². The summed E-state index contributed by atoms with van der Waals surface area (Å²) in [5.74, 6) is 0. The Balaban J connectivity index is 3.24. The highest BCUT2D eigenvalue weighted by Crippen LogP contribution is 2.45. The lowest BCUT2D eigenvalue weighted by Gasteiger charge is -2.14. The summed E-state index contributed by atoms with van der Waals surface area (Å²) < 4.78 is 22.6. The summed E-state index contributed by atoms with van der Waals surface area (Å²) in [5.41, 5.74) is 1.00. The van der Waals surface area contributed by atoms with Crippen molar-refractivity contribution in [3.8, 4) is 0 Å². The molecule has 0 fully saturated rings. The SMILES string of the molecule is COP(=O)(OC)c1cc(C)cc(Br)c1. The van der Waals surface area contributed by atoms with Crippen LogP contribution in [0.5, 0.6) is 0 Å². The van der Waals surface area contributed by atoms with Crippen LogP contribution in [0.1, 0.15) is 5.56 Å². The Kier molecular flexibility index (Phi) is 3.90. The van der Waals surface area contributed by atoms with Crippen molar-refractivity contribution in [2.75, 3.05) is 14.2 Å². The summed E-state index contributed by atoms with van der Waals surface area (Å²) in [6.45, 7) is 1.92. The van der Waals surface area contributed by atoms with Crippen molar-refractivity contribution in [1.29, 1.82) is 0 Å². The average Bonchev–Trinajstić information content (AvgIpc) is 2.15. The van der Waals surface area contributed by atoms with Crippen LogP contribution >= 0.6 is 23.5 Å². The van der Waals surface area contributed by atoms with Crippen LogP contribution in [0.3, 0.4) is 0 Å². The molecule has 0 saturated heterocycles. The van der Waals surface area contributed by atoms with Gasteiger partial charge in [-0.25, -0.2) is 0 Å². The second kappa shape index (κ2) is 4.58. The first-order valence-corrected chi connectivity index (χ1v) is 6.34. The standard InChI is InChI=1S/C9H12BrO3P/c1-7-4-8(10)6-9(5-7)14(11,12-2)13-3/h4-6H,1-3H3. The van der Waals surface area contributed by atoms with Crippen molar-refractivity contribution in [2.24, 2.45) is 0 Å². The zero-order valence-corrected chi connectivity index (χ0v) is 10.8. The Morgan fingerprint density at radius 3 is 2.21 bits per heavy atom.